The Bertz CT molecular complexity index is 993. The topological polar surface area (TPSA) is 173 Å². The second kappa shape index (κ2) is 12.7. The van der Waals surface area contributed by atoms with Gasteiger partial charge < -0.3 is 38.8 Å². The molecule has 2 rings (SSSR count). The number of phenols is 1. The van der Waals surface area contributed by atoms with Crippen LogP contribution < -0.4 is 10.1 Å². The fourth-order valence-electron chi connectivity index (χ4n) is 3.40. The first-order valence-electron chi connectivity index (χ1n) is 11.0. The average molecular weight is 511 g/mol. The van der Waals surface area contributed by atoms with E-state index in [0.29, 0.717) is 13.0 Å². The first-order chi connectivity index (χ1) is 17.0. The molecule has 1 saturated heterocycles. The lowest BCUT2D eigenvalue weighted by Gasteiger charge is -2.43. The maximum absolute atomic E-state index is 12.5. The molecular weight excluding hydrogens is 482 g/mol. The molecule has 198 valence electrons. The fraction of sp³-hybridized carbons (Fsp3) is 0.522. The van der Waals surface area contributed by atoms with Crippen LogP contribution in [0.1, 0.15) is 44.5 Å². The van der Waals surface area contributed by atoms with E-state index in [9.17, 15) is 29.1 Å². The number of nitrogens with one attached hydrogen (secondary N) is 1. The minimum absolute atomic E-state index is 0.148. The van der Waals surface area contributed by atoms with Crippen LogP contribution in [0.3, 0.4) is 0 Å². The van der Waals surface area contributed by atoms with Crippen molar-refractivity contribution in [2.75, 3.05) is 13.7 Å². The van der Waals surface area contributed by atoms with Crippen LogP contribution >= 0.6 is 0 Å². The summed E-state index contributed by atoms with van der Waals surface area (Å²) in [5, 5.41) is 13.1. The highest BCUT2D eigenvalue weighted by Crippen LogP contribution is 2.34. The predicted molar refractivity (Wildman–Crippen MR) is 119 cm³/mol. The number of phenolic OH excluding ortho intramolecular Hbond substituents is 1. The van der Waals surface area contributed by atoms with Crippen molar-refractivity contribution in [1.82, 2.24) is 5.32 Å². The molecule has 13 heteroatoms. The average Bonchev–Trinajstić information content (AvgIpc) is 2.80. The van der Waals surface area contributed by atoms with Gasteiger partial charge in [-0.3, -0.25) is 19.2 Å². The number of aromatic hydroxyl groups is 1. The molecule has 1 aromatic carbocycles. The predicted octanol–water partition coefficient (Wildman–Crippen LogP) is 0.604. The molecule has 1 heterocycles. The molecule has 0 aliphatic carbocycles. The standard InChI is InChI=1S/C23H29NO12/c1-6-9-24-21(29)14-7-8-16(15(28)10-14)35-23-20(34-13(4)27)18(33-12(3)26)17(32-11(2)25)19(36-23)22(30)31-5/h7-8,10,17-20,23,28H,6,9H2,1-5H3,(H,24,29)/t17-,18-,19-,20+,23+/m0/s1. The molecule has 0 bridgehead atoms. The second-order valence-corrected chi connectivity index (χ2v) is 7.73. The lowest BCUT2D eigenvalue weighted by Crippen LogP contribution is -2.64. The summed E-state index contributed by atoms with van der Waals surface area (Å²) < 4.78 is 31.7. The third-order valence-electron chi connectivity index (χ3n) is 4.83. The van der Waals surface area contributed by atoms with Crippen molar-refractivity contribution in [3.63, 3.8) is 0 Å². The second-order valence-electron chi connectivity index (χ2n) is 7.73. The zero-order valence-electron chi connectivity index (χ0n) is 20.5. The van der Waals surface area contributed by atoms with Gasteiger partial charge in [0.2, 0.25) is 12.4 Å². The van der Waals surface area contributed by atoms with Crippen LogP contribution in [0.4, 0.5) is 0 Å². The van der Waals surface area contributed by atoms with Gasteiger partial charge in [0.05, 0.1) is 7.11 Å². The molecule has 5 atom stereocenters. The summed E-state index contributed by atoms with van der Waals surface area (Å²) in [4.78, 5) is 60.0. The van der Waals surface area contributed by atoms with Crippen molar-refractivity contribution in [3.8, 4) is 11.5 Å². The van der Waals surface area contributed by atoms with E-state index >= 15 is 0 Å². The van der Waals surface area contributed by atoms with Crippen molar-refractivity contribution in [3.05, 3.63) is 23.8 Å². The van der Waals surface area contributed by atoms with E-state index in [-0.39, 0.29) is 11.3 Å². The summed E-state index contributed by atoms with van der Waals surface area (Å²) in [7, 11) is 1.06. The summed E-state index contributed by atoms with van der Waals surface area (Å²) >= 11 is 0. The number of esters is 4. The Balaban J connectivity index is 2.46. The fourth-order valence-corrected chi connectivity index (χ4v) is 3.40. The molecule has 1 aliphatic heterocycles. The number of benzene rings is 1. The van der Waals surface area contributed by atoms with E-state index in [1.54, 1.807) is 0 Å². The number of hydrogen-bond acceptors (Lipinski definition) is 12. The quantitative estimate of drug-likeness (QED) is 0.350. The van der Waals surface area contributed by atoms with Crippen molar-refractivity contribution >= 4 is 29.8 Å². The summed E-state index contributed by atoms with van der Waals surface area (Å²) in [5.74, 6) is -4.62. The summed E-state index contributed by atoms with van der Waals surface area (Å²) in [6.45, 7) is 5.50. The van der Waals surface area contributed by atoms with Crippen LogP contribution in [-0.4, -0.2) is 79.3 Å². The van der Waals surface area contributed by atoms with Crippen LogP contribution in [0, 0.1) is 0 Å². The van der Waals surface area contributed by atoms with Gasteiger partial charge in [-0.15, -0.1) is 0 Å². The number of hydrogen-bond donors (Lipinski definition) is 2. The Kier molecular flexibility index (Phi) is 10.0. The summed E-state index contributed by atoms with van der Waals surface area (Å²) in [5.41, 5.74) is 0.148. The number of carbonyl (C=O) groups excluding carboxylic acids is 5. The number of ether oxygens (including phenoxy) is 6. The van der Waals surface area contributed by atoms with Crippen molar-refractivity contribution < 1.29 is 57.5 Å². The molecule has 13 nitrogen and oxygen atoms in total. The van der Waals surface area contributed by atoms with Gasteiger partial charge in [-0.25, -0.2) is 4.79 Å². The maximum atomic E-state index is 12.5. The number of rotatable bonds is 9. The van der Waals surface area contributed by atoms with Crippen LogP contribution in [0.15, 0.2) is 18.2 Å². The van der Waals surface area contributed by atoms with E-state index in [2.05, 4.69) is 5.32 Å². The lowest BCUT2D eigenvalue weighted by atomic mass is 9.97. The normalized spacial score (nSPS) is 23.1. The Morgan fingerprint density at radius 3 is 2.06 bits per heavy atom. The number of amides is 1. The van der Waals surface area contributed by atoms with Gasteiger partial charge in [0.15, 0.2) is 29.8 Å². The van der Waals surface area contributed by atoms with Gasteiger partial charge in [0, 0.05) is 32.9 Å². The zero-order valence-corrected chi connectivity index (χ0v) is 20.5. The van der Waals surface area contributed by atoms with Crippen LogP contribution in [0.2, 0.25) is 0 Å². The molecule has 1 aliphatic rings. The van der Waals surface area contributed by atoms with Gasteiger partial charge in [-0.2, -0.15) is 0 Å². The summed E-state index contributed by atoms with van der Waals surface area (Å²) in [6.07, 6.45) is -7.21. The molecule has 0 saturated carbocycles. The van der Waals surface area contributed by atoms with Crippen molar-refractivity contribution in [2.24, 2.45) is 0 Å². The number of carbonyl (C=O) groups is 5. The third-order valence-corrected chi connectivity index (χ3v) is 4.83. The van der Waals surface area contributed by atoms with E-state index in [1.165, 1.54) is 12.1 Å². The first kappa shape index (κ1) is 28.4. The molecule has 0 unspecified atom stereocenters. The van der Waals surface area contributed by atoms with E-state index in [4.69, 9.17) is 28.4 Å². The zero-order chi connectivity index (χ0) is 27.0. The molecule has 0 radical (unpaired) electrons. The minimum Gasteiger partial charge on any atom is -0.504 e. The Morgan fingerprint density at radius 1 is 0.944 bits per heavy atom. The molecule has 1 fully saturated rings. The van der Waals surface area contributed by atoms with Gasteiger partial charge in [0.25, 0.3) is 5.91 Å². The Labute approximate surface area is 206 Å². The molecule has 1 amide bonds. The third kappa shape index (κ3) is 7.31. The molecule has 1 aromatic rings. The smallest absolute Gasteiger partial charge is 0.339 e. The molecular formula is C23H29NO12. The minimum atomic E-state index is -1.65. The number of methoxy groups -OCH3 is 1. The Hall–Kier alpha value is -3.87. The molecule has 0 aromatic heterocycles. The first-order valence-corrected chi connectivity index (χ1v) is 11.0. The Morgan fingerprint density at radius 2 is 1.53 bits per heavy atom. The molecule has 36 heavy (non-hydrogen) atoms. The maximum Gasteiger partial charge on any atom is 0.339 e. The van der Waals surface area contributed by atoms with Gasteiger partial charge in [0.1, 0.15) is 0 Å². The van der Waals surface area contributed by atoms with E-state index in [0.717, 1.165) is 33.9 Å². The largest absolute Gasteiger partial charge is 0.504 e. The van der Waals surface area contributed by atoms with Crippen molar-refractivity contribution in [1.29, 1.82) is 0 Å². The SMILES string of the molecule is CCCNC(=O)c1ccc(O[C@@H]2O[C@H](C(=O)OC)[C@@H](OC(C)=O)[C@H](OC(C)=O)[C@H]2OC(C)=O)c(O)c1. The highest BCUT2D eigenvalue weighted by atomic mass is 16.7. The molecule has 0 spiro atoms. The van der Waals surface area contributed by atoms with E-state index < -0.39 is 66.2 Å². The van der Waals surface area contributed by atoms with Crippen LogP contribution in [0.5, 0.6) is 11.5 Å². The highest BCUT2D eigenvalue weighted by molar-refractivity contribution is 5.94. The highest BCUT2D eigenvalue weighted by Gasteiger charge is 2.56. The van der Waals surface area contributed by atoms with Crippen LogP contribution in [0.25, 0.3) is 0 Å². The summed E-state index contributed by atoms with van der Waals surface area (Å²) in [6, 6.07) is 3.77. The van der Waals surface area contributed by atoms with Crippen LogP contribution in [-0.2, 0) is 42.9 Å². The lowest BCUT2D eigenvalue weighted by molar-refractivity contribution is -0.282. The van der Waals surface area contributed by atoms with Gasteiger partial charge >= 0.3 is 23.9 Å². The van der Waals surface area contributed by atoms with Gasteiger partial charge in [-0.1, -0.05) is 6.92 Å². The van der Waals surface area contributed by atoms with Crippen molar-refractivity contribution in [2.45, 2.75) is 64.8 Å². The monoisotopic (exact) mass is 511 g/mol. The molecule has 2 N–H and O–H groups in total. The van der Waals surface area contributed by atoms with Gasteiger partial charge in [-0.05, 0) is 24.6 Å². The van der Waals surface area contributed by atoms with E-state index in [1.807, 2.05) is 6.92 Å².